The topological polar surface area (TPSA) is 17.1 Å². The monoisotopic (exact) mass is 336 g/mol. The van der Waals surface area contributed by atoms with Gasteiger partial charge in [0.15, 0.2) is 5.78 Å². The average molecular weight is 338 g/mol. The first-order valence-electron chi connectivity index (χ1n) is 6.01. The number of halogens is 2. The molecule has 0 fully saturated rings. The fourth-order valence-electron chi connectivity index (χ4n) is 1.92. The second-order valence-corrected chi connectivity index (χ2v) is 6.03. The highest BCUT2D eigenvalue weighted by molar-refractivity contribution is 9.10. The van der Waals surface area contributed by atoms with Gasteiger partial charge in [0.25, 0.3) is 0 Å². The molecule has 0 atom stereocenters. The summed E-state index contributed by atoms with van der Waals surface area (Å²) in [6.45, 7) is 4.12. The van der Waals surface area contributed by atoms with Crippen LogP contribution in [0, 0.1) is 13.8 Å². The normalized spacial score (nSPS) is 10.5. The van der Waals surface area contributed by atoms with Gasteiger partial charge in [0, 0.05) is 21.5 Å². The minimum atomic E-state index is 0.0754. The van der Waals surface area contributed by atoms with Crippen LogP contribution in [-0.2, 0) is 6.42 Å². The zero-order valence-corrected chi connectivity index (χ0v) is 13.2. The van der Waals surface area contributed by atoms with E-state index in [1.807, 2.05) is 12.1 Å². The summed E-state index contributed by atoms with van der Waals surface area (Å²) in [6, 6.07) is 11.4. The highest BCUT2D eigenvalue weighted by Crippen LogP contribution is 2.21. The van der Waals surface area contributed by atoms with Crippen molar-refractivity contribution < 1.29 is 4.79 Å². The molecule has 0 heterocycles. The van der Waals surface area contributed by atoms with Gasteiger partial charge in [0.1, 0.15) is 0 Å². The van der Waals surface area contributed by atoms with Crippen molar-refractivity contribution >= 4 is 33.3 Å². The molecular weight excluding hydrogens is 324 g/mol. The van der Waals surface area contributed by atoms with E-state index < -0.39 is 0 Å². The lowest BCUT2D eigenvalue weighted by molar-refractivity contribution is 0.0993. The van der Waals surface area contributed by atoms with Crippen molar-refractivity contribution in [1.29, 1.82) is 0 Å². The van der Waals surface area contributed by atoms with Gasteiger partial charge in [-0.25, -0.2) is 0 Å². The molecule has 0 aliphatic heterocycles. The molecule has 0 aliphatic rings. The fourth-order valence-corrected chi connectivity index (χ4v) is 2.78. The molecule has 1 nitrogen and oxygen atoms in total. The number of rotatable bonds is 3. The Morgan fingerprint density at radius 2 is 1.84 bits per heavy atom. The Morgan fingerprint density at radius 1 is 1.11 bits per heavy atom. The van der Waals surface area contributed by atoms with E-state index in [1.165, 1.54) is 11.1 Å². The van der Waals surface area contributed by atoms with E-state index in [2.05, 4.69) is 35.8 Å². The number of carbonyl (C=O) groups is 1. The average Bonchev–Trinajstić information content (AvgIpc) is 2.32. The van der Waals surface area contributed by atoms with E-state index in [4.69, 9.17) is 11.6 Å². The lowest BCUT2D eigenvalue weighted by Gasteiger charge is -2.06. The van der Waals surface area contributed by atoms with Crippen LogP contribution >= 0.6 is 27.5 Å². The number of carbonyl (C=O) groups excluding carboxylic acids is 1. The number of benzene rings is 2. The molecule has 0 aromatic heterocycles. The molecular formula is C16H14BrClO. The van der Waals surface area contributed by atoms with Gasteiger partial charge in [-0.15, -0.1) is 0 Å². The van der Waals surface area contributed by atoms with Crippen LogP contribution in [-0.4, -0.2) is 5.78 Å². The first-order valence-corrected chi connectivity index (χ1v) is 7.18. The number of Topliss-reactive ketones (excluding diaryl/α,β-unsaturated/α-hetero) is 1. The lowest BCUT2D eigenvalue weighted by Crippen LogP contribution is -2.04. The SMILES string of the molecule is Cc1ccc(CC(=O)c2cc(Cl)cc(Br)c2)cc1C. The Hall–Kier alpha value is -1.12. The van der Waals surface area contributed by atoms with Gasteiger partial charge in [-0.3, -0.25) is 4.79 Å². The summed E-state index contributed by atoms with van der Waals surface area (Å²) in [6.07, 6.45) is 0.397. The van der Waals surface area contributed by atoms with Crippen molar-refractivity contribution in [3.8, 4) is 0 Å². The fraction of sp³-hybridized carbons (Fsp3) is 0.188. The quantitative estimate of drug-likeness (QED) is 0.708. The minimum Gasteiger partial charge on any atom is -0.294 e. The van der Waals surface area contributed by atoms with E-state index in [1.54, 1.807) is 18.2 Å². The van der Waals surface area contributed by atoms with Crippen molar-refractivity contribution in [2.24, 2.45) is 0 Å². The molecule has 0 saturated heterocycles. The standard InChI is InChI=1S/C16H14BrClO/c1-10-3-4-12(5-11(10)2)6-16(19)13-7-14(17)9-15(18)8-13/h3-5,7-9H,6H2,1-2H3. The molecule has 0 amide bonds. The smallest absolute Gasteiger partial charge is 0.167 e. The van der Waals surface area contributed by atoms with E-state index in [0.717, 1.165) is 10.0 Å². The summed E-state index contributed by atoms with van der Waals surface area (Å²) >= 11 is 9.31. The van der Waals surface area contributed by atoms with Crippen LogP contribution in [0.15, 0.2) is 40.9 Å². The summed E-state index contributed by atoms with van der Waals surface area (Å²) in [4.78, 5) is 12.2. The third-order valence-electron chi connectivity index (χ3n) is 3.12. The van der Waals surface area contributed by atoms with Crippen LogP contribution in [0.1, 0.15) is 27.0 Å². The van der Waals surface area contributed by atoms with Crippen molar-refractivity contribution in [3.05, 3.63) is 68.1 Å². The first kappa shape index (κ1) is 14.3. The van der Waals surface area contributed by atoms with Crippen LogP contribution in [0.25, 0.3) is 0 Å². The van der Waals surface area contributed by atoms with Gasteiger partial charge in [0.05, 0.1) is 0 Å². The minimum absolute atomic E-state index is 0.0754. The summed E-state index contributed by atoms with van der Waals surface area (Å²) in [7, 11) is 0. The highest BCUT2D eigenvalue weighted by atomic mass is 79.9. The maximum absolute atomic E-state index is 12.2. The third-order valence-corrected chi connectivity index (χ3v) is 3.80. The Kier molecular flexibility index (Phi) is 4.43. The summed E-state index contributed by atoms with van der Waals surface area (Å²) in [5.41, 5.74) is 4.11. The van der Waals surface area contributed by atoms with Crippen molar-refractivity contribution in [1.82, 2.24) is 0 Å². The third kappa shape index (κ3) is 3.68. The zero-order valence-electron chi connectivity index (χ0n) is 10.8. The second-order valence-electron chi connectivity index (χ2n) is 4.68. The van der Waals surface area contributed by atoms with Gasteiger partial charge in [-0.2, -0.15) is 0 Å². The summed E-state index contributed by atoms with van der Waals surface area (Å²) in [5, 5.41) is 0.567. The Bertz CT molecular complexity index is 614. The predicted octanol–water partition coefficient (Wildman–Crippen LogP) is 5.14. The van der Waals surface area contributed by atoms with Crippen LogP contribution in [0.3, 0.4) is 0 Å². The Morgan fingerprint density at radius 3 is 2.47 bits per heavy atom. The van der Waals surface area contributed by atoms with Crippen molar-refractivity contribution in [3.63, 3.8) is 0 Å². The summed E-state index contributed by atoms with van der Waals surface area (Å²) in [5.74, 6) is 0.0754. The predicted molar refractivity (Wildman–Crippen MR) is 83.1 cm³/mol. The lowest BCUT2D eigenvalue weighted by atomic mass is 10.00. The highest BCUT2D eigenvalue weighted by Gasteiger charge is 2.09. The van der Waals surface area contributed by atoms with Gasteiger partial charge in [0.2, 0.25) is 0 Å². The van der Waals surface area contributed by atoms with E-state index in [0.29, 0.717) is 17.0 Å². The number of hydrogen-bond donors (Lipinski definition) is 0. The van der Waals surface area contributed by atoms with Gasteiger partial charge in [-0.05, 0) is 48.7 Å². The molecule has 3 heteroatoms. The molecule has 0 spiro atoms. The van der Waals surface area contributed by atoms with Gasteiger partial charge < -0.3 is 0 Å². The van der Waals surface area contributed by atoms with E-state index in [-0.39, 0.29) is 5.78 Å². The van der Waals surface area contributed by atoms with E-state index >= 15 is 0 Å². The molecule has 2 aromatic carbocycles. The van der Waals surface area contributed by atoms with Crippen LogP contribution < -0.4 is 0 Å². The van der Waals surface area contributed by atoms with Crippen LogP contribution in [0.4, 0.5) is 0 Å². The van der Waals surface area contributed by atoms with Crippen molar-refractivity contribution in [2.45, 2.75) is 20.3 Å². The molecule has 0 saturated carbocycles. The first-order chi connectivity index (χ1) is 8.95. The molecule has 0 radical (unpaired) electrons. The molecule has 2 rings (SSSR count). The Labute approximate surface area is 126 Å². The van der Waals surface area contributed by atoms with Crippen LogP contribution in [0.2, 0.25) is 5.02 Å². The second kappa shape index (κ2) is 5.89. The molecule has 19 heavy (non-hydrogen) atoms. The van der Waals surface area contributed by atoms with E-state index in [9.17, 15) is 4.79 Å². The molecule has 0 aliphatic carbocycles. The summed E-state index contributed by atoms with van der Waals surface area (Å²) < 4.78 is 0.823. The number of aryl methyl sites for hydroxylation is 2. The Balaban J connectivity index is 2.22. The number of hydrogen-bond acceptors (Lipinski definition) is 1. The van der Waals surface area contributed by atoms with Gasteiger partial charge in [-0.1, -0.05) is 45.7 Å². The molecule has 0 N–H and O–H groups in total. The maximum Gasteiger partial charge on any atom is 0.167 e. The molecule has 2 aromatic rings. The molecule has 98 valence electrons. The zero-order chi connectivity index (χ0) is 14.0. The van der Waals surface area contributed by atoms with Crippen LogP contribution in [0.5, 0.6) is 0 Å². The van der Waals surface area contributed by atoms with Crippen molar-refractivity contribution in [2.75, 3.05) is 0 Å². The number of ketones is 1. The largest absolute Gasteiger partial charge is 0.294 e. The molecule has 0 bridgehead atoms. The molecule has 0 unspecified atom stereocenters. The van der Waals surface area contributed by atoms with Gasteiger partial charge >= 0.3 is 0 Å². The maximum atomic E-state index is 12.2.